The van der Waals surface area contributed by atoms with Crippen LogP contribution in [0.25, 0.3) is 0 Å². The molecule has 1 fully saturated rings. The van der Waals surface area contributed by atoms with Crippen molar-refractivity contribution in [2.75, 3.05) is 34.3 Å². The Bertz CT molecular complexity index is 97.8. The molecule has 0 aliphatic carbocycles. The highest BCUT2D eigenvalue weighted by Gasteiger charge is 2.22. The first-order chi connectivity index (χ1) is 4.75. The predicted molar refractivity (Wildman–Crippen MR) is 40.7 cm³/mol. The van der Waals surface area contributed by atoms with Gasteiger partial charge in [-0.1, -0.05) is 0 Å². The zero-order chi connectivity index (χ0) is 7.56. The standard InChI is InChI=1S/C7H16N2O/c1-8-5-4-6-9(2)7(8)10-3/h7H,4-6H2,1-3H3. The quantitative estimate of drug-likeness (QED) is 0.522. The molecule has 10 heavy (non-hydrogen) atoms. The summed E-state index contributed by atoms with van der Waals surface area (Å²) in [6.45, 7) is 2.28. The van der Waals surface area contributed by atoms with Gasteiger partial charge in [-0.2, -0.15) is 0 Å². The van der Waals surface area contributed by atoms with Gasteiger partial charge in [-0.05, 0) is 20.5 Å². The number of hydrogen-bond acceptors (Lipinski definition) is 3. The summed E-state index contributed by atoms with van der Waals surface area (Å²) in [6, 6.07) is 0. The minimum absolute atomic E-state index is 0.189. The van der Waals surface area contributed by atoms with Gasteiger partial charge in [0.15, 0.2) is 6.35 Å². The molecular weight excluding hydrogens is 128 g/mol. The molecule has 60 valence electrons. The van der Waals surface area contributed by atoms with Crippen LogP contribution in [0.1, 0.15) is 6.42 Å². The van der Waals surface area contributed by atoms with E-state index >= 15 is 0 Å². The summed E-state index contributed by atoms with van der Waals surface area (Å²) >= 11 is 0. The average Bonchev–Trinajstić information content (AvgIpc) is 1.88. The average molecular weight is 144 g/mol. The van der Waals surface area contributed by atoms with E-state index in [1.54, 1.807) is 7.11 Å². The number of methoxy groups -OCH3 is 1. The smallest absolute Gasteiger partial charge is 0.167 e. The van der Waals surface area contributed by atoms with Crippen LogP contribution < -0.4 is 0 Å². The van der Waals surface area contributed by atoms with Gasteiger partial charge in [-0.25, -0.2) is 0 Å². The largest absolute Gasteiger partial charge is 0.353 e. The van der Waals surface area contributed by atoms with Crippen LogP contribution >= 0.6 is 0 Å². The molecule has 0 N–H and O–H groups in total. The number of hydrogen-bond donors (Lipinski definition) is 0. The fraction of sp³-hybridized carbons (Fsp3) is 1.00. The van der Waals surface area contributed by atoms with Gasteiger partial charge in [0.05, 0.1) is 0 Å². The van der Waals surface area contributed by atoms with E-state index in [1.807, 2.05) is 0 Å². The van der Waals surface area contributed by atoms with Gasteiger partial charge < -0.3 is 4.74 Å². The molecular formula is C7H16N2O. The molecule has 0 atom stereocenters. The fourth-order valence-electron chi connectivity index (χ4n) is 1.49. The molecule has 0 aromatic heterocycles. The molecule has 3 heteroatoms. The Morgan fingerprint density at radius 2 is 1.70 bits per heavy atom. The topological polar surface area (TPSA) is 15.7 Å². The fourth-order valence-corrected chi connectivity index (χ4v) is 1.49. The first kappa shape index (κ1) is 7.98. The number of rotatable bonds is 1. The van der Waals surface area contributed by atoms with Crippen LogP contribution in [0.2, 0.25) is 0 Å². The van der Waals surface area contributed by atoms with Crippen LogP contribution in [-0.2, 0) is 4.74 Å². The molecule has 3 nitrogen and oxygen atoms in total. The molecule has 1 aliphatic rings. The van der Waals surface area contributed by atoms with Crippen molar-refractivity contribution in [2.45, 2.75) is 12.8 Å². The van der Waals surface area contributed by atoms with Crippen molar-refractivity contribution in [1.29, 1.82) is 0 Å². The Kier molecular flexibility index (Phi) is 2.65. The minimum Gasteiger partial charge on any atom is -0.353 e. The summed E-state index contributed by atoms with van der Waals surface area (Å²) < 4.78 is 5.27. The van der Waals surface area contributed by atoms with E-state index < -0.39 is 0 Å². The summed E-state index contributed by atoms with van der Waals surface area (Å²) in [5.74, 6) is 0. The van der Waals surface area contributed by atoms with Gasteiger partial charge in [-0.15, -0.1) is 0 Å². The summed E-state index contributed by atoms with van der Waals surface area (Å²) in [4.78, 5) is 4.42. The van der Waals surface area contributed by atoms with E-state index in [0.29, 0.717) is 0 Å². The Morgan fingerprint density at radius 3 is 2.00 bits per heavy atom. The third-order valence-corrected chi connectivity index (χ3v) is 1.99. The van der Waals surface area contributed by atoms with E-state index in [4.69, 9.17) is 4.74 Å². The van der Waals surface area contributed by atoms with Crippen LogP contribution in [0.15, 0.2) is 0 Å². The summed E-state index contributed by atoms with van der Waals surface area (Å²) in [7, 11) is 5.93. The molecule has 1 heterocycles. The summed E-state index contributed by atoms with van der Waals surface area (Å²) in [5.41, 5.74) is 0. The molecule has 0 aromatic carbocycles. The molecule has 1 saturated heterocycles. The Hall–Kier alpha value is -0.120. The zero-order valence-corrected chi connectivity index (χ0v) is 7.00. The van der Waals surface area contributed by atoms with Crippen LogP contribution in [-0.4, -0.2) is 50.4 Å². The van der Waals surface area contributed by atoms with Crippen LogP contribution in [0.3, 0.4) is 0 Å². The monoisotopic (exact) mass is 144 g/mol. The highest BCUT2D eigenvalue weighted by atomic mass is 16.5. The van der Waals surface area contributed by atoms with Crippen molar-refractivity contribution in [2.24, 2.45) is 0 Å². The normalized spacial score (nSPS) is 25.5. The van der Waals surface area contributed by atoms with Crippen molar-refractivity contribution in [3.8, 4) is 0 Å². The van der Waals surface area contributed by atoms with E-state index in [2.05, 4.69) is 23.9 Å². The second-order valence-corrected chi connectivity index (χ2v) is 2.88. The predicted octanol–water partition coefficient (Wildman–Crippen LogP) is 0.184. The third-order valence-electron chi connectivity index (χ3n) is 1.99. The highest BCUT2D eigenvalue weighted by molar-refractivity contribution is 4.66. The maximum absolute atomic E-state index is 5.27. The Balaban J connectivity index is 2.45. The van der Waals surface area contributed by atoms with E-state index in [-0.39, 0.29) is 6.35 Å². The van der Waals surface area contributed by atoms with Crippen molar-refractivity contribution in [3.05, 3.63) is 0 Å². The van der Waals surface area contributed by atoms with Gasteiger partial charge in [0, 0.05) is 20.2 Å². The Labute approximate surface area is 62.6 Å². The molecule has 0 unspecified atom stereocenters. The first-order valence-electron chi connectivity index (χ1n) is 3.69. The third kappa shape index (κ3) is 1.48. The molecule has 1 aliphatic heterocycles. The molecule has 1 rings (SSSR count). The van der Waals surface area contributed by atoms with Crippen molar-refractivity contribution >= 4 is 0 Å². The van der Waals surface area contributed by atoms with Gasteiger partial charge in [0.2, 0.25) is 0 Å². The van der Waals surface area contributed by atoms with E-state index in [0.717, 1.165) is 13.1 Å². The minimum atomic E-state index is 0.189. The number of nitrogens with zero attached hydrogens (tertiary/aromatic N) is 2. The lowest BCUT2D eigenvalue weighted by Gasteiger charge is -2.38. The molecule has 0 bridgehead atoms. The van der Waals surface area contributed by atoms with Crippen molar-refractivity contribution < 1.29 is 4.74 Å². The highest BCUT2D eigenvalue weighted by Crippen LogP contribution is 2.09. The summed E-state index contributed by atoms with van der Waals surface area (Å²) in [5, 5.41) is 0. The lowest BCUT2D eigenvalue weighted by Crippen LogP contribution is -2.51. The molecule has 0 saturated carbocycles. The molecule has 0 amide bonds. The van der Waals surface area contributed by atoms with Gasteiger partial charge in [0.25, 0.3) is 0 Å². The molecule has 0 aromatic rings. The molecule has 0 radical (unpaired) electrons. The lowest BCUT2D eigenvalue weighted by molar-refractivity contribution is -0.135. The van der Waals surface area contributed by atoms with Crippen LogP contribution in [0.5, 0.6) is 0 Å². The van der Waals surface area contributed by atoms with Crippen LogP contribution in [0, 0.1) is 0 Å². The maximum Gasteiger partial charge on any atom is 0.167 e. The van der Waals surface area contributed by atoms with Gasteiger partial charge >= 0.3 is 0 Å². The molecule has 0 spiro atoms. The van der Waals surface area contributed by atoms with Crippen molar-refractivity contribution in [1.82, 2.24) is 9.80 Å². The zero-order valence-electron chi connectivity index (χ0n) is 7.00. The second-order valence-electron chi connectivity index (χ2n) is 2.88. The maximum atomic E-state index is 5.27. The number of ether oxygens (including phenoxy) is 1. The first-order valence-corrected chi connectivity index (χ1v) is 3.69. The Morgan fingerprint density at radius 1 is 1.20 bits per heavy atom. The summed E-state index contributed by atoms with van der Waals surface area (Å²) in [6.07, 6.45) is 1.43. The van der Waals surface area contributed by atoms with Gasteiger partial charge in [0.1, 0.15) is 0 Å². The van der Waals surface area contributed by atoms with Crippen LogP contribution in [0.4, 0.5) is 0 Å². The lowest BCUT2D eigenvalue weighted by atomic mass is 10.3. The SMILES string of the molecule is COC1N(C)CCCN1C. The van der Waals surface area contributed by atoms with E-state index in [9.17, 15) is 0 Å². The van der Waals surface area contributed by atoms with Gasteiger partial charge in [-0.3, -0.25) is 9.80 Å². The van der Waals surface area contributed by atoms with Crippen molar-refractivity contribution in [3.63, 3.8) is 0 Å². The van der Waals surface area contributed by atoms with E-state index in [1.165, 1.54) is 6.42 Å². The second kappa shape index (κ2) is 3.32.